The van der Waals surface area contributed by atoms with Gasteiger partial charge in [0.05, 0.1) is 5.69 Å². The van der Waals surface area contributed by atoms with Gasteiger partial charge in [0.15, 0.2) is 5.13 Å². The Kier molecular flexibility index (Phi) is 5.33. The van der Waals surface area contributed by atoms with Gasteiger partial charge in [0, 0.05) is 17.3 Å². The Hall–Kier alpha value is -1.43. The molecule has 1 aromatic rings. The summed E-state index contributed by atoms with van der Waals surface area (Å²) < 4.78 is 0. The average molecular weight is 309 g/mol. The van der Waals surface area contributed by atoms with Crippen LogP contribution >= 0.6 is 11.3 Å². The topological polar surface area (TPSA) is 62.3 Å². The second kappa shape index (κ2) is 7.02. The molecule has 0 radical (unpaired) electrons. The maximum atomic E-state index is 12.5. The SMILES string of the molecule is CCC(C)N(CC(=O)Nc1nc(C)cs1)C(=O)C1CCC1. The molecule has 1 aliphatic rings. The minimum Gasteiger partial charge on any atom is -0.330 e. The molecule has 0 aliphatic heterocycles. The third-order valence-corrected chi connectivity index (χ3v) is 4.92. The standard InChI is InChI=1S/C15H23N3O2S/c1-4-11(3)18(14(20)12-6-5-7-12)8-13(19)17-15-16-10(2)9-21-15/h9,11-12H,4-8H2,1-3H3,(H,16,17,19). The van der Waals surface area contributed by atoms with Crippen LogP contribution in [0.4, 0.5) is 5.13 Å². The van der Waals surface area contributed by atoms with Crippen LogP contribution in [0.5, 0.6) is 0 Å². The number of amides is 2. The van der Waals surface area contributed by atoms with Crippen LogP contribution in [0.15, 0.2) is 5.38 Å². The summed E-state index contributed by atoms with van der Waals surface area (Å²) in [5.74, 6) is 0.0762. The Morgan fingerprint density at radius 1 is 1.52 bits per heavy atom. The summed E-state index contributed by atoms with van der Waals surface area (Å²) in [6.07, 6.45) is 3.88. The van der Waals surface area contributed by atoms with Crippen molar-refractivity contribution in [3.63, 3.8) is 0 Å². The van der Waals surface area contributed by atoms with E-state index in [1.54, 1.807) is 4.90 Å². The summed E-state index contributed by atoms with van der Waals surface area (Å²) in [6.45, 7) is 6.03. The van der Waals surface area contributed by atoms with Gasteiger partial charge >= 0.3 is 0 Å². The summed E-state index contributed by atoms with van der Waals surface area (Å²) in [7, 11) is 0. The molecule has 0 saturated heterocycles. The first-order valence-electron chi connectivity index (χ1n) is 7.53. The highest BCUT2D eigenvalue weighted by atomic mass is 32.1. The number of carbonyl (C=O) groups excluding carboxylic acids is 2. The van der Waals surface area contributed by atoms with Crippen molar-refractivity contribution in [1.29, 1.82) is 0 Å². The van der Waals surface area contributed by atoms with Gasteiger partial charge in [-0.3, -0.25) is 9.59 Å². The lowest BCUT2D eigenvalue weighted by atomic mass is 9.84. The lowest BCUT2D eigenvalue weighted by Gasteiger charge is -2.34. The Balaban J connectivity index is 1.96. The van der Waals surface area contributed by atoms with Gasteiger partial charge in [-0.25, -0.2) is 4.98 Å². The second-order valence-corrected chi connectivity index (χ2v) is 6.55. The normalized spacial score (nSPS) is 16.1. The van der Waals surface area contributed by atoms with Crippen LogP contribution in [-0.4, -0.2) is 34.3 Å². The molecule has 1 unspecified atom stereocenters. The number of carbonyl (C=O) groups is 2. The summed E-state index contributed by atoms with van der Waals surface area (Å²) in [5.41, 5.74) is 0.889. The van der Waals surface area contributed by atoms with Crippen molar-refractivity contribution in [2.75, 3.05) is 11.9 Å². The van der Waals surface area contributed by atoms with Crippen molar-refractivity contribution in [3.05, 3.63) is 11.1 Å². The van der Waals surface area contributed by atoms with E-state index in [2.05, 4.69) is 10.3 Å². The minimum absolute atomic E-state index is 0.0851. The monoisotopic (exact) mass is 309 g/mol. The highest BCUT2D eigenvalue weighted by Gasteiger charge is 2.32. The molecule has 1 aromatic heterocycles. The van der Waals surface area contributed by atoms with E-state index in [1.165, 1.54) is 11.3 Å². The van der Waals surface area contributed by atoms with Crippen LogP contribution in [0, 0.1) is 12.8 Å². The lowest BCUT2D eigenvalue weighted by molar-refractivity contribution is -0.142. The Morgan fingerprint density at radius 2 is 2.24 bits per heavy atom. The van der Waals surface area contributed by atoms with Crippen LogP contribution in [0.3, 0.4) is 0 Å². The molecule has 1 heterocycles. The van der Waals surface area contributed by atoms with Crippen LogP contribution in [0.1, 0.15) is 45.2 Å². The number of rotatable bonds is 6. The fraction of sp³-hybridized carbons (Fsp3) is 0.667. The zero-order valence-corrected chi connectivity index (χ0v) is 13.7. The lowest BCUT2D eigenvalue weighted by Crippen LogP contribution is -2.47. The predicted molar refractivity (Wildman–Crippen MR) is 84.3 cm³/mol. The summed E-state index contributed by atoms with van der Waals surface area (Å²) in [4.78, 5) is 30.5. The highest BCUT2D eigenvalue weighted by Crippen LogP contribution is 2.29. The average Bonchev–Trinajstić information content (AvgIpc) is 2.78. The number of nitrogens with zero attached hydrogens (tertiary/aromatic N) is 2. The van der Waals surface area contributed by atoms with Gasteiger partial charge in [-0.1, -0.05) is 13.3 Å². The smallest absolute Gasteiger partial charge is 0.245 e. The van der Waals surface area contributed by atoms with E-state index >= 15 is 0 Å². The van der Waals surface area contributed by atoms with Gasteiger partial charge in [-0.2, -0.15) is 0 Å². The molecule has 1 saturated carbocycles. The fourth-order valence-electron chi connectivity index (χ4n) is 2.29. The number of nitrogens with one attached hydrogen (secondary N) is 1. The zero-order chi connectivity index (χ0) is 15.4. The Bertz CT molecular complexity index is 511. The molecule has 2 rings (SSSR count). The molecule has 5 nitrogen and oxygen atoms in total. The van der Waals surface area contributed by atoms with Crippen LogP contribution in [0.2, 0.25) is 0 Å². The maximum Gasteiger partial charge on any atom is 0.245 e. The fourth-order valence-corrected chi connectivity index (χ4v) is 2.99. The first kappa shape index (κ1) is 15.9. The molecule has 0 bridgehead atoms. The second-order valence-electron chi connectivity index (χ2n) is 5.69. The van der Waals surface area contributed by atoms with Gasteiger partial charge in [0.2, 0.25) is 11.8 Å². The molecule has 1 atom stereocenters. The van der Waals surface area contributed by atoms with E-state index in [-0.39, 0.29) is 30.3 Å². The van der Waals surface area contributed by atoms with Crippen molar-refractivity contribution in [2.45, 2.75) is 52.5 Å². The molecular formula is C15H23N3O2S. The molecule has 0 spiro atoms. The quantitative estimate of drug-likeness (QED) is 0.879. The van der Waals surface area contributed by atoms with Gasteiger partial charge in [-0.05, 0) is 33.1 Å². The number of aryl methyl sites for hydroxylation is 1. The highest BCUT2D eigenvalue weighted by molar-refractivity contribution is 7.13. The van der Waals surface area contributed by atoms with Crippen molar-refractivity contribution in [3.8, 4) is 0 Å². The Morgan fingerprint density at radius 3 is 2.71 bits per heavy atom. The van der Waals surface area contributed by atoms with Crippen LogP contribution < -0.4 is 5.32 Å². The van der Waals surface area contributed by atoms with Gasteiger partial charge in [0.1, 0.15) is 6.54 Å². The third-order valence-electron chi connectivity index (χ3n) is 4.04. The number of thiazole rings is 1. The van der Waals surface area contributed by atoms with Crippen molar-refractivity contribution in [2.24, 2.45) is 5.92 Å². The Labute approximate surface area is 129 Å². The minimum atomic E-state index is -0.169. The van der Waals surface area contributed by atoms with Crippen molar-refractivity contribution < 1.29 is 9.59 Å². The number of aromatic nitrogens is 1. The van der Waals surface area contributed by atoms with Gasteiger partial charge < -0.3 is 10.2 Å². The van der Waals surface area contributed by atoms with E-state index in [9.17, 15) is 9.59 Å². The third kappa shape index (κ3) is 4.03. The van der Waals surface area contributed by atoms with Gasteiger partial charge in [-0.15, -0.1) is 11.3 Å². The first-order chi connectivity index (χ1) is 10.0. The van der Waals surface area contributed by atoms with E-state index in [0.29, 0.717) is 5.13 Å². The molecule has 1 aliphatic carbocycles. The first-order valence-corrected chi connectivity index (χ1v) is 8.41. The molecule has 1 fully saturated rings. The summed E-state index contributed by atoms with van der Waals surface area (Å²) in [6, 6.07) is 0.0851. The largest absolute Gasteiger partial charge is 0.330 e. The van der Waals surface area contributed by atoms with Crippen LogP contribution in [-0.2, 0) is 9.59 Å². The van der Waals surface area contributed by atoms with E-state index in [1.807, 2.05) is 26.2 Å². The molecule has 0 aromatic carbocycles. The van der Waals surface area contributed by atoms with E-state index in [0.717, 1.165) is 31.4 Å². The molecule has 2 amide bonds. The molecule has 116 valence electrons. The predicted octanol–water partition coefficient (Wildman–Crippen LogP) is 2.82. The molecule has 1 N–H and O–H groups in total. The van der Waals surface area contributed by atoms with E-state index < -0.39 is 0 Å². The van der Waals surface area contributed by atoms with Crippen molar-refractivity contribution in [1.82, 2.24) is 9.88 Å². The number of hydrogen-bond acceptors (Lipinski definition) is 4. The molecular weight excluding hydrogens is 286 g/mol. The summed E-state index contributed by atoms with van der Waals surface area (Å²) in [5, 5.41) is 5.26. The van der Waals surface area contributed by atoms with Gasteiger partial charge in [0.25, 0.3) is 0 Å². The van der Waals surface area contributed by atoms with Crippen molar-refractivity contribution >= 4 is 28.3 Å². The van der Waals surface area contributed by atoms with Crippen LogP contribution in [0.25, 0.3) is 0 Å². The molecule has 21 heavy (non-hydrogen) atoms. The maximum absolute atomic E-state index is 12.5. The molecule has 6 heteroatoms. The number of anilines is 1. The zero-order valence-electron chi connectivity index (χ0n) is 12.9. The summed E-state index contributed by atoms with van der Waals surface area (Å²) >= 11 is 1.40. The van der Waals surface area contributed by atoms with E-state index in [4.69, 9.17) is 0 Å². The number of hydrogen-bond donors (Lipinski definition) is 1.